The van der Waals surface area contributed by atoms with Gasteiger partial charge in [0.15, 0.2) is 10.8 Å². The molecule has 0 radical (unpaired) electrons. The lowest BCUT2D eigenvalue weighted by atomic mass is 10.1. The summed E-state index contributed by atoms with van der Waals surface area (Å²) >= 11 is 1.37. The Bertz CT molecular complexity index is 811. The van der Waals surface area contributed by atoms with E-state index in [4.69, 9.17) is 0 Å². The van der Waals surface area contributed by atoms with E-state index in [2.05, 4.69) is 30.9 Å². The van der Waals surface area contributed by atoms with Crippen LogP contribution in [0, 0.1) is 0 Å². The summed E-state index contributed by atoms with van der Waals surface area (Å²) in [5, 5.41) is 5.39. The summed E-state index contributed by atoms with van der Waals surface area (Å²) in [5.74, 6) is 0.381. The van der Waals surface area contributed by atoms with Crippen molar-refractivity contribution in [3.8, 4) is 10.8 Å². The Kier molecular flexibility index (Phi) is 5.00. The van der Waals surface area contributed by atoms with Gasteiger partial charge in [-0.2, -0.15) is 0 Å². The normalized spacial score (nSPS) is 12.1. The van der Waals surface area contributed by atoms with Crippen molar-refractivity contribution in [2.75, 3.05) is 0 Å². The van der Waals surface area contributed by atoms with E-state index in [1.54, 1.807) is 23.8 Å². The molecule has 0 fully saturated rings. The number of aromatic nitrogens is 4. The maximum absolute atomic E-state index is 12.3. The van der Waals surface area contributed by atoms with Crippen LogP contribution in [0.5, 0.6) is 0 Å². The van der Waals surface area contributed by atoms with Gasteiger partial charge in [-0.05, 0) is 38.0 Å². The SMILES string of the molecule is CC(CCc1cccn1C)NC(=O)c1csc(-c2ncccn2)n1. The first kappa shape index (κ1) is 16.3. The second-order valence-corrected chi connectivity index (χ2v) is 6.49. The third kappa shape index (κ3) is 3.86. The van der Waals surface area contributed by atoms with Crippen LogP contribution in [-0.4, -0.2) is 31.5 Å². The second-order valence-electron chi connectivity index (χ2n) is 5.63. The van der Waals surface area contributed by atoms with Gasteiger partial charge in [0.2, 0.25) is 0 Å². The van der Waals surface area contributed by atoms with Crippen LogP contribution in [0.2, 0.25) is 0 Å². The van der Waals surface area contributed by atoms with Gasteiger partial charge in [-0.1, -0.05) is 0 Å². The lowest BCUT2D eigenvalue weighted by Crippen LogP contribution is -2.33. The van der Waals surface area contributed by atoms with E-state index in [0.717, 1.165) is 12.8 Å². The number of amides is 1. The lowest BCUT2D eigenvalue weighted by molar-refractivity contribution is 0.0934. The molecule has 1 atom stereocenters. The highest BCUT2D eigenvalue weighted by atomic mass is 32.1. The predicted octanol–water partition coefficient (Wildman–Crippen LogP) is 2.69. The maximum atomic E-state index is 12.3. The third-order valence-corrected chi connectivity index (χ3v) is 4.59. The highest BCUT2D eigenvalue weighted by molar-refractivity contribution is 7.13. The number of hydrogen-bond acceptors (Lipinski definition) is 5. The number of nitrogens with one attached hydrogen (secondary N) is 1. The molecule has 3 aromatic heterocycles. The predicted molar refractivity (Wildman–Crippen MR) is 93.8 cm³/mol. The van der Waals surface area contributed by atoms with E-state index in [1.807, 2.05) is 26.2 Å². The molecule has 3 heterocycles. The molecule has 0 aliphatic rings. The number of hydrogen-bond donors (Lipinski definition) is 1. The fraction of sp³-hybridized carbons (Fsp3) is 0.294. The third-order valence-electron chi connectivity index (χ3n) is 3.76. The van der Waals surface area contributed by atoms with Crippen molar-refractivity contribution in [1.82, 2.24) is 24.8 Å². The molecule has 0 saturated heterocycles. The van der Waals surface area contributed by atoms with Gasteiger partial charge in [-0.15, -0.1) is 11.3 Å². The van der Waals surface area contributed by atoms with Gasteiger partial charge in [-0.25, -0.2) is 15.0 Å². The fourth-order valence-electron chi connectivity index (χ4n) is 2.38. The van der Waals surface area contributed by atoms with Crippen LogP contribution in [0.1, 0.15) is 29.5 Å². The highest BCUT2D eigenvalue weighted by Gasteiger charge is 2.15. The van der Waals surface area contributed by atoms with E-state index in [1.165, 1.54) is 17.0 Å². The van der Waals surface area contributed by atoms with Crippen molar-refractivity contribution in [3.63, 3.8) is 0 Å². The number of thiazole rings is 1. The molecule has 0 aliphatic carbocycles. The van der Waals surface area contributed by atoms with Gasteiger partial charge < -0.3 is 9.88 Å². The summed E-state index contributed by atoms with van der Waals surface area (Å²) in [6.45, 7) is 2.01. The summed E-state index contributed by atoms with van der Waals surface area (Å²) in [6.07, 6.45) is 7.15. The van der Waals surface area contributed by atoms with Gasteiger partial charge in [0.1, 0.15) is 5.69 Å². The van der Waals surface area contributed by atoms with Gasteiger partial charge in [0, 0.05) is 42.8 Å². The zero-order valence-corrected chi connectivity index (χ0v) is 14.5. The van der Waals surface area contributed by atoms with Gasteiger partial charge >= 0.3 is 0 Å². The standard InChI is InChI=1S/C17H19N5OS/c1-12(6-7-13-5-3-10-22(13)2)20-16(23)14-11-24-17(21-14)15-18-8-4-9-19-15/h3-5,8-12H,6-7H2,1-2H3,(H,20,23). The Morgan fingerprint density at radius 3 is 2.83 bits per heavy atom. The van der Waals surface area contributed by atoms with Crippen LogP contribution in [-0.2, 0) is 13.5 Å². The molecule has 0 aromatic carbocycles. The minimum atomic E-state index is -0.159. The maximum Gasteiger partial charge on any atom is 0.270 e. The first-order valence-electron chi connectivity index (χ1n) is 7.77. The van der Waals surface area contributed by atoms with Crippen molar-refractivity contribution in [1.29, 1.82) is 0 Å². The zero-order chi connectivity index (χ0) is 16.9. The van der Waals surface area contributed by atoms with Gasteiger partial charge in [-0.3, -0.25) is 4.79 Å². The number of aryl methyl sites for hydroxylation is 2. The van der Waals surface area contributed by atoms with Crippen molar-refractivity contribution >= 4 is 17.2 Å². The Hall–Kier alpha value is -2.54. The lowest BCUT2D eigenvalue weighted by Gasteiger charge is -2.13. The first-order chi connectivity index (χ1) is 11.6. The first-order valence-corrected chi connectivity index (χ1v) is 8.65. The molecule has 1 N–H and O–H groups in total. The summed E-state index contributed by atoms with van der Waals surface area (Å²) < 4.78 is 2.10. The molecular weight excluding hydrogens is 322 g/mol. The molecule has 1 amide bonds. The average molecular weight is 341 g/mol. The molecule has 0 saturated carbocycles. The Labute approximate surface area is 144 Å². The Morgan fingerprint density at radius 2 is 2.12 bits per heavy atom. The smallest absolute Gasteiger partial charge is 0.270 e. The van der Waals surface area contributed by atoms with E-state index in [9.17, 15) is 4.79 Å². The molecule has 3 rings (SSSR count). The molecule has 0 spiro atoms. The highest BCUT2D eigenvalue weighted by Crippen LogP contribution is 2.19. The minimum absolute atomic E-state index is 0.0746. The van der Waals surface area contributed by atoms with E-state index in [0.29, 0.717) is 16.5 Å². The molecule has 3 aromatic rings. The summed E-state index contributed by atoms with van der Waals surface area (Å²) in [4.78, 5) is 25.0. The van der Waals surface area contributed by atoms with Crippen molar-refractivity contribution in [2.45, 2.75) is 25.8 Å². The number of carbonyl (C=O) groups excluding carboxylic acids is 1. The number of rotatable bonds is 6. The van der Waals surface area contributed by atoms with E-state index >= 15 is 0 Å². The van der Waals surface area contributed by atoms with Crippen LogP contribution < -0.4 is 5.32 Å². The molecule has 0 bridgehead atoms. The average Bonchev–Trinajstić information content (AvgIpc) is 3.23. The Morgan fingerprint density at radius 1 is 1.33 bits per heavy atom. The fourth-order valence-corrected chi connectivity index (χ4v) is 3.13. The van der Waals surface area contributed by atoms with Crippen molar-refractivity contribution in [3.05, 3.63) is 53.6 Å². The minimum Gasteiger partial charge on any atom is -0.354 e. The van der Waals surface area contributed by atoms with Crippen LogP contribution in [0.25, 0.3) is 10.8 Å². The molecule has 24 heavy (non-hydrogen) atoms. The second kappa shape index (κ2) is 7.35. The van der Waals surface area contributed by atoms with Gasteiger partial charge in [0.05, 0.1) is 0 Å². The molecule has 7 heteroatoms. The summed E-state index contributed by atoms with van der Waals surface area (Å²) in [6, 6.07) is 5.95. The van der Waals surface area contributed by atoms with E-state index < -0.39 is 0 Å². The monoisotopic (exact) mass is 341 g/mol. The van der Waals surface area contributed by atoms with Crippen molar-refractivity contribution in [2.24, 2.45) is 7.05 Å². The van der Waals surface area contributed by atoms with E-state index in [-0.39, 0.29) is 11.9 Å². The molecule has 1 unspecified atom stereocenters. The Balaban J connectivity index is 1.57. The van der Waals surface area contributed by atoms with Crippen molar-refractivity contribution < 1.29 is 4.79 Å². The van der Waals surface area contributed by atoms with Gasteiger partial charge in [0.25, 0.3) is 5.91 Å². The van der Waals surface area contributed by atoms with Crippen LogP contribution in [0.15, 0.2) is 42.2 Å². The molecule has 124 valence electrons. The van der Waals surface area contributed by atoms with Crippen LogP contribution in [0.4, 0.5) is 0 Å². The summed E-state index contributed by atoms with van der Waals surface area (Å²) in [7, 11) is 2.03. The summed E-state index contributed by atoms with van der Waals surface area (Å²) in [5.41, 5.74) is 1.67. The molecule has 6 nitrogen and oxygen atoms in total. The molecule has 0 aliphatic heterocycles. The zero-order valence-electron chi connectivity index (χ0n) is 13.6. The quantitative estimate of drug-likeness (QED) is 0.748. The van der Waals surface area contributed by atoms with Crippen LogP contribution in [0.3, 0.4) is 0 Å². The number of nitrogens with zero attached hydrogens (tertiary/aromatic N) is 4. The molecular formula is C17H19N5OS. The van der Waals surface area contributed by atoms with Crippen LogP contribution >= 0.6 is 11.3 Å². The largest absolute Gasteiger partial charge is 0.354 e. The number of carbonyl (C=O) groups is 1. The topological polar surface area (TPSA) is 72.7 Å².